The van der Waals surface area contributed by atoms with Gasteiger partial charge in [-0.25, -0.2) is 0 Å². The predicted octanol–water partition coefficient (Wildman–Crippen LogP) is 5.95. The molecule has 0 amide bonds. The highest BCUT2D eigenvalue weighted by molar-refractivity contribution is 5.60. The molecule has 23 heavy (non-hydrogen) atoms. The summed E-state index contributed by atoms with van der Waals surface area (Å²) in [5.41, 5.74) is 9.81. The van der Waals surface area contributed by atoms with Crippen molar-refractivity contribution in [1.82, 2.24) is 0 Å². The van der Waals surface area contributed by atoms with Gasteiger partial charge in [-0.05, 0) is 59.8 Å². The van der Waals surface area contributed by atoms with Gasteiger partial charge in [0.25, 0.3) is 0 Å². The lowest BCUT2D eigenvalue weighted by atomic mass is 9.72. The molecule has 1 spiro atoms. The Bertz CT molecular complexity index is 735. The number of hydrogen-bond acceptors (Lipinski definition) is 0. The van der Waals surface area contributed by atoms with Crippen LogP contribution in [-0.2, 0) is 16.2 Å². The zero-order chi connectivity index (χ0) is 16.6. The van der Waals surface area contributed by atoms with Crippen molar-refractivity contribution in [2.45, 2.75) is 70.6 Å². The van der Waals surface area contributed by atoms with E-state index in [4.69, 9.17) is 0 Å². The van der Waals surface area contributed by atoms with Gasteiger partial charge in [-0.3, -0.25) is 0 Å². The topological polar surface area (TPSA) is 0 Å². The van der Waals surface area contributed by atoms with Crippen molar-refractivity contribution >= 4 is 0 Å². The van der Waals surface area contributed by atoms with E-state index in [-0.39, 0.29) is 16.2 Å². The van der Waals surface area contributed by atoms with Crippen LogP contribution in [0, 0.1) is 13.8 Å². The van der Waals surface area contributed by atoms with Crippen LogP contribution in [0.5, 0.6) is 0 Å². The first-order chi connectivity index (χ1) is 10.7. The minimum Gasteiger partial charge on any atom is -0.0590 e. The van der Waals surface area contributed by atoms with E-state index in [9.17, 15) is 0 Å². The Balaban J connectivity index is 2.06. The number of rotatable bonds is 0. The van der Waals surface area contributed by atoms with Gasteiger partial charge in [0.2, 0.25) is 0 Å². The first-order valence-electron chi connectivity index (χ1n) is 8.89. The maximum atomic E-state index is 2.47. The minimum absolute atomic E-state index is 0.204. The fourth-order valence-electron chi connectivity index (χ4n) is 5.58. The van der Waals surface area contributed by atoms with Gasteiger partial charge in [0, 0.05) is 5.41 Å². The Morgan fingerprint density at radius 2 is 1.00 bits per heavy atom. The molecule has 2 aromatic rings. The van der Waals surface area contributed by atoms with Crippen LogP contribution in [0.25, 0.3) is 0 Å². The van der Waals surface area contributed by atoms with Gasteiger partial charge < -0.3 is 0 Å². The van der Waals surface area contributed by atoms with Crippen LogP contribution < -0.4 is 0 Å². The number of hydrogen-bond donors (Lipinski definition) is 0. The van der Waals surface area contributed by atoms with E-state index in [1.807, 2.05) is 0 Å². The summed E-state index contributed by atoms with van der Waals surface area (Å²) in [4.78, 5) is 0. The molecule has 0 fully saturated rings. The standard InChI is InChI=1S/C23H28/c1-15-7-9-17-19(11-15)23(13-21(17,3)4)14-22(5,6)18-10-8-16(2)12-20(18)23/h7-12H,13-14H2,1-6H3. The molecule has 0 heteroatoms. The first-order valence-corrected chi connectivity index (χ1v) is 8.89. The molecule has 0 bridgehead atoms. The summed E-state index contributed by atoms with van der Waals surface area (Å²) in [7, 11) is 0. The van der Waals surface area contributed by atoms with Crippen LogP contribution in [0.15, 0.2) is 36.4 Å². The summed E-state index contributed by atoms with van der Waals surface area (Å²) < 4.78 is 0. The monoisotopic (exact) mass is 304 g/mol. The molecule has 2 aliphatic rings. The quantitative estimate of drug-likeness (QED) is 0.564. The third kappa shape index (κ3) is 1.90. The van der Waals surface area contributed by atoms with E-state index in [2.05, 4.69) is 77.9 Å². The number of aryl methyl sites for hydroxylation is 2. The molecule has 120 valence electrons. The van der Waals surface area contributed by atoms with Crippen LogP contribution in [-0.4, -0.2) is 0 Å². The third-order valence-corrected chi connectivity index (χ3v) is 6.33. The van der Waals surface area contributed by atoms with E-state index in [0.29, 0.717) is 0 Å². The molecular formula is C23H28. The summed E-state index contributed by atoms with van der Waals surface area (Å²) in [6.07, 6.45) is 2.47. The molecule has 0 aromatic heterocycles. The maximum Gasteiger partial charge on any atom is 0.0225 e. The van der Waals surface area contributed by atoms with Gasteiger partial charge >= 0.3 is 0 Å². The Morgan fingerprint density at radius 3 is 1.39 bits per heavy atom. The van der Waals surface area contributed by atoms with E-state index in [0.717, 1.165) is 0 Å². The molecular weight excluding hydrogens is 276 g/mol. The Morgan fingerprint density at radius 1 is 0.609 bits per heavy atom. The van der Waals surface area contributed by atoms with Crippen molar-refractivity contribution in [2.24, 2.45) is 0 Å². The summed E-state index contributed by atoms with van der Waals surface area (Å²) >= 11 is 0. The second kappa shape index (κ2) is 4.29. The highest BCUT2D eigenvalue weighted by Gasteiger charge is 2.55. The van der Waals surface area contributed by atoms with Crippen molar-refractivity contribution in [3.63, 3.8) is 0 Å². The van der Waals surface area contributed by atoms with Crippen LogP contribution in [0.3, 0.4) is 0 Å². The van der Waals surface area contributed by atoms with Crippen LogP contribution in [0.1, 0.15) is 73.9 Å². The van der Waals surface area contributed by atoms with Gasteiger partial charge in [0.05, 0.1) is 0 Å². The Labute approximate surface area is 140 Å². The van der Waals surface area contributed by atoms with E-state index in [1.165, 1.54) is 24.0 Å². The van der Waals surface area contributed by atoms with Gasteiger partial charge in [-0.1, -0.05) is 75.2 Å². The second-order valence-electron chi connectivity index (χ2n) is 9.30. The van der Waals surface area contributed by atoms with Gasteiger partial charge in [0.15, 0.2) is 0 Å². The van der Waals surface area contributed by atoms with Crippen molar-refractivity contribution in [3.8, 4) is 0 Å². The summed E-state index contributed by atoms with van der Waals surface area (Å²) in [5.74, 6) is 0. The van der Waals surface area contributed by atoms with Crippen LogP contribution in [0.4, 0.5) is 0 Å². The predicted molar refractivity (Wildman–Crippen MR) is 98.4 cm³/mol. The average molecular weight is 304 g/mol. The zero-order valence-electron chi connectivity index (χ0n) is 15.4. The molecule has 0 atom stereocenters. The maximum absolute atomic E-state index is 2.47. The molecule has 0 nitrogen and oxygen atoms in total. The van der Waals surface area contributed by atoms with Crippen molar-refractivity contribution in [2.75, 3.05) is 0 Å². The fourth-order valence-corrected chi connectivity index (χ4v) is 5.58. The normalized spacial score (nSPS) is 22.2. The minimum atomic E-state index is 0.204. The summed E-state index contributed by atoms with van der Waals surface area (Å²) in [5, 5.41) is 0. The SMILES string of the molecule is Cc1ccc2c(c1)C1(CC2(C)C)CC(C)(C)c2ccc(C)cc21. The highest BCUT2D eigenvalue weighted by Crippen LogP contribution is 2.62. The second-order valence-corrected chi connectivity index (χ2v) is 9.30. The Kier molecular flexibility index (Phi) is 2.80. The lowest BCUT2D eigenvalue weighted by Crippen LogP contribution is -2.27. The molecule has 2 aliphatic carbocycles. The number of fused-ring (bicyclic) bond motifs is 4. The molecule has 2 aromatic carbocycles. The van der Waals surface area contributed by atoms with Crippen molar-refractivity contribution in [3.05, 3.63) is 69.8 Å². The zero-order valence-corrected chi connectivity index (χ0v) is 15.4. The largest absolute Gasteiger partial charge is 0.0590 e. The summed E-state index contributed by atoms with van der Waals surface area (Å²) in [6.45, 7) is 14.2. The molecule has 0 heterocycles. The van der Waals surface area contributed by atoms with Gasteiger partial charge in [0.1, 0.15) is 0 Å². The van der Waals surface area contributed by atoms with Crippen LogP contribution >= 0.6 is 0 Å². The lowest BCUT2D eigenvalue weighted by Gasteiger charge is -2.30. The molecule has 0 saturated carbocycles. The fraction of sp³-hybridized carbons (Fsp3) is 0.478. The van der Waals surface area contributed by atoms with E-state index < -0.39 is 0 Å². The first kappa shape index (κ1) is 15.0. The Hall–Kier alpha value is -1.56. The third-order valence-electron chi connectivity index (χ3n) is 6.33. The molecule has 4 rings (SSSR count). The van der Waals surface area contributed by atoms with Crippen molar-refractivity contribution < 1.29 is 0 Å². The molecule has 0 unspecified atom stereocenters. The molecule has 0 N–H and O–H groups in total. The van der Waals surface area contributed by atoms with Crippen LogP contribution in [0.2, 0.25) is 0 Å². The average Bonchev–Trinajstić information content (AvgIpc) is 2.78. The summed E-state index contributed by atoms with van der Waals surface area (Å²) in [6, 6.07) is 14.3. The number of benzene rings is 2. The van der Waals surface area contributed by atoms with E-state index in [1.54, 1.807) is 22.3 Å². The molecule has 0 aliphatic heterocycles. The van der Waals surface area contributed by atoms with E-state index >= 15 is 0 Å². The molecule has 0 radical (unpaired) electrons. The smallest absolute Gasteiger partial charge is 0.0225 e. The lowest BCUT2D eigenvalue weighted by molar-refractivity contribution is 0.349. The van der Waals surface area contributed by atoms with Gasteiger partial charge in [-0.2, -0.15) is 0 Å². The van der Waals surface area contributed by atoms with Crippen molar-refractivity contribution in [1.29, 1.82) is 0 Å². The highest BCUT2D eigenvalue weighted by atomic mass is 14.6. The van der Waals surface area contributed by atoms with Gasteiger partial charge in [-0.15, -0.1) is 0 Å². The molecule has 0 saturated heterocycles.